The fourth-order valence-electron chi connectivity index (χ4n) is 0.463. The number of amides is 1. The topological polar surface area (TPSA) is 38.3 Å². The van der Waals surface area contributed by atoms with Gasteiger partial charge in [-0.3, -0.25) is 4.79 Å². The lowest BCUT2D eigenvalue weighted by atomic mass is 10.6. The molecule has 0 aliphatic carbocycles. The summed E-state index contributed by atoms with van der Waals surface area (Å²) in [5, 5.41) is 2.63. The highest BCUT2D eigenvalue weighted by atomic mass is 32.1. The molecule has 0 saturated carbocycles. The van der Waals surface area contributed by atoms with Crippen LogP contribution in [0.2, 0.25) is 0 Å². The molecule has 0 unspecified atom stereocenters. The molecule has 0 bridgehead atoms. The van der Waals surface area contributed by atoms with Crippen LogP contribution in [-0.4, -0.2) is 31.4 Å². The Hall–Kier alpha value is -0.220. The van der Waals surface area contributed by atoms with Crippen LogP contribution in [0, 0.1) is 0 Å². The molecule has 10 heavy (non-hydrogen) atoms. The molecular formula is C6H13NO2S. The average Bonchev–Trinajstić information content (AvgIpc) is 1.98. The maximum absolute atomic E-state index is 10.5. The molecule has 3 nitrogen and oxygen atoms in total. The highest BCUT2D eigenvalue weighted by molar-refractivity contribution is 7.81. The molecule has 0 aromatic carbocycles. The van der Waals surface area contributed by atoms with Crippen molar-refractivity contribution in [3.05, 3.63) is 0 Å². The molecule has 0 aromatic rings. The molecule has 0 spiro atoms. The molecule has 60 valence electrons. The summed E-state index contributed by atoms with van der Waals surface area (Å²) >= 11 is 3.79. The number of hydrogen-bond donors (Lipinski definition) is 2. The van der Waals surface area contributed by atoms with Crippen molar-refractivity contribution in [2.75, 3.05) is 25.5 Å². The third-order valence-electron chi connectivity index (χ3n) is 0.916. The minimum atomic E-state index is -0.0527. The molecule has 0 heterocycles. The van der Waals surface area contributed by atoms with Gasteiger partial charge in [-0.25, -0.2) is 0 Å². The number of hydrogen-bond acceptors (Lipinski definition) is 3. The van der Waals surface area contributed by atoms with Gasteiger partial charge in [0.25, 0.3) is 0 Å². The lowest BCUT2D eigenvalue weighted by Crippen LogP contribution is -2.28. The third-order valence-corrected chi connectivity index (χ3v) is 1.20. The molecule has 0 radical (unpaired) electrons. The maximum Gasteiger partial charge on any atom is 0.229 e. The Bertz CT molecular complexity index is 97.7. The number of ether oxygens (including phenoxy) is 1. The zero-order valence-electron chi connectivity index (χ0n) is 6.09. The molecule has 4 heteroatoms. The Morgan fingerprint density at radius 2 is 2.40 bits per heavy atom. The summed E-state index contributed by atoms with van der Waals surface area (Å²) in [6.45, 7) is 3.76. The van der Waals surface area contributed by atoms with E-state index in [1.165, 1.54) is 0 Å². The molecule has 0 saturated heterocycles. The molecule has 1 N–H and O–H groups in total. The normalized spacial score (nSPS) is 9.40. The van der Waals surface area contributed by atoms with Gasteiger partial charge in [0.05, 0.1) is 12.4 Å². The van der Waals surface area contributed by atoms with Gasteiger partial charge in [-0.1, -0.05) is 0 Å². The lowest BCUT2D eigenvalue weighted by molar-refractivity contribution is -0.118. The van der Waals surface area contributed by atoms with Crippen molar-refractivity contribution in [2.45, 2.75) is 6.92 Å². The summed E-state index contributed by atoms with van der Waals surface area (Å²) in [6, 6.07) is 0. The van der Waals surface area contributed by atoms with Crippen LogP contribution in [0.15, 0.2) is 0 Å². The Balaban J connectivity index is 2.96. The van der Waals surface area contributed by atoms with Crippen LogP contribution < -0.4 is 5.32 Å². The summed E-state index contributed by atoms with van der Waals surface area (Å²) < 4.78 is 4.99. The van der Waals surface area contributed by atoms with Crippen LogP contribution in [0.4, 0.5) is 0 Å². The second-order valence-electron chi connectivity index (χ2n) is 1.70. The van der Waals surface area contributed by atoms with E-state index in [4.69, 9.17) is 4.74 Å². The Kier molecular flexibility index (Phi) is 6.74. The van der Waals surface area contributed by atoms with E-state index < -0.39 is 0 Å². The van der Waals surface area contributed by atoms with Gasteiger partial charge < -0.3 is 10.1 Å². The fraction of sp³-hybridized carbons (Fsp3) is 0.833. The van der Waals surface area contributed by atoms with Crippen LogP contribution in [0.3, 0.4) is 0 Å². The predicted molar refractivity (Wildman–Crippen MR) is 43.4 cm³/mol. The van der Waals surface area contributed by atoms with Crippen LogP contribution in [0.25, 0.3) is 0 Å². The number of nitrogens with one attached hydrogen (secondary N) is 1. The summed E-state index contributed by atoms with van der Waals surface area (Å²) in [5.41, 5.74) is 0. The van der Waals surface area contributed by atoms with E-state index in [0.29, 0.717) is 19.8 Å². The number of rotatable bonds is 5. The molecule has 0 aliphatic heterocycles. The van der Waals surface area contributed by atoms with Crippen LogP contribution in [0.1, 0.15) is 6.92 Å². The summed E-state index contributed by atoms with van der Waals surface area (Å²) in [7, 11) is 0. The second kappa shape index (κ2) is 6.89. The van der Waals surface area contributed by atoms with Crippen molar-refractivity contribution in [3.8, 4) is 0 Å². The number of thiol groups is 1. The van der Waals surface area contributed by atoms with Crippen molar-refractivity contribution >= 4 is 18.5 Å². The molecule has 0 aliphatic rings. The summed E-state index contributed by atoms with van der Waals surface area (Å²) in [4.78, 5) is 10.5. The van der Waals surface area contributed by atoms with Crippen LogP contribution >= 0.6 is 12.6 Å². The van der Waals surface area contributed by atoms with E-state index >= 15 is 0 Å². The number of carbonyl (C=O) groups is 1. The molecule has 0 rings (SSSR count). The highest BCUT2D eigenvalue weighted by Gasteiger charge is 1.93. The minimum absolute atomic E-state index is 0.0527. The van der Waals surface area contributed by atoms with Gasteiger partial charge in [0.1, 0.15) is 0 Å². The van der Waals surface area contributed by atoms with E-state index in [2.05, 4.69) is 17.9 Å². The Labute approximate surface area is 66.5 Å². The quantitative estimate of drug-likeness (QED) is 0.444. The first-order chi connectivity index (χ1) is 4.81. The first-order valence-electron chi connectivity index (χ1n) is 3.26. The third kappa shape index (κ3) is 5.91. The van der Waals surface area contributed by atoms with E-state index in [0.717, 1.165) is 0 Å². The number of carbonyl (C=O) groups excluding carboxylic acids is 1. The van der Waals surface area contributed by atoms with Gasteiger partial charge in [-0.05, 0) is 6.92 Å². The maximum atomic E-state index is 10.5. The Morgan fingerprint density at radius 3 is 2.90 bits per heavy atom. The van der Waals surface area contributed by atoms with E-state index in [-0.39, 0.29) is 11.7 Å². The smallest absolute Gasteiger partial charge is 0.229 e. The molecule has 0 aromatic heterocycles. The van der Waals surface area contributed by atoms with Crippen molar-refractivity contribution in [2.24, 2.45) is 0 Å². The zero-order valence-corrected chi connectivity index (χ0v) is 6.99. The van der Waals surface area contributed by atoms with Gasteiger partial charge in [0.2, 0.25) is 5.91 Å². The summed E-state index contributed by atoms with van der Waals surface area (Å²) in [6.07, 6.45) is 0. The first kappa shape index (κ1) is 9.78. The van der Waals surface area contributed by atoms with Crippen LogP contribution in [-0.2, 0) is 9.53 Å². The minimum Gasteiger partial charge on any atom is -0.380 e. The van der Waals surface area contributed by atoms with Crippen molar-refractivity contribution in [1.82, 2.24) is 5.32 Å². The monoisotopic (exact) mass is 163 g/mol. The molecule has 0 fully saturated rings. The molecular weight excluding hydrogens is 150 g/mol. The zero-order chi connectivity index (χ0) is 7.82. The SMILES string of the molecule is CCOCCNC(=O)CS. The lowest BCUT2D eigenvalue weighted by Gasteiger charge is -2.01. The van der Waals surface area contributed by atoms with Gasteiger partial charge >= 0.3 is 0 Å². The largest absolute Gasteiger partial charge is 0.380 e. The van der Waals surface area contributed by atoms with Gasteiger partial charge in [-0.2, -0.15) is 12.6 Å². The fourth-order valence-corrected chi connectivity index (χ4v) is 0.575. The van der Waals surface area contributed by atoms with E-state index in [1.807, 2.05) is 6.92 Å². The van der Waals surface area contributed by atoms with Crippen molar-refractivity contribution < 1.29 is 9.53 Å². The van der Waals surface area contributed by atoms with E-state index in [1.54, 1.807) is 0 Å². The van der Waals surface area contributed by atoms with Crippen LogP contribution in [0.5, 0.6) is 0 Å². The van der Waals surface area contributed by atoms with Crippen molar-refractivity contribution in [1.29, 1.82) is 0 Å². The van der Waals surface area contributed by atoms with Gasteiger partial charge in [-0.15, -0.1) is 0 Å². The van der Waals surface area contributed by atoms with Crippen molar-refractivity contribution in [3.63, 3.8) is 0 Å². The molecule has 0 atom stereocenters. The Morgan fingerprint density at radius 1 is 1.70 bits per heavy atom. The van der Waals surface area contributed by atoms with E-state index in [9.17, 15) is 4.79 Å². The first-order valence-corrected chi connectivity index (χ1v) is 3.89. The highest BCUT2D eigenvalue weighted by Crippen LogP contribution is 1.74. The predicted octanol–water partition coefficient (Wildman–Crippen LogP) is 0.0689. The summed E-state index contributed by atoms with van der Waals surface area (Å²) in [5.74, 6) is 0.189. The van der Waals surface area contributed by atoms with Gasteiger partial charge in [0, 0.05) is 13.2 Å². The average molecular weight is 163 g/mol. The standard InChI is InChI=1S/C6H13NO2S/c1-2-9-4-3-7-6(8)5-10/h10H,2-5H2,1H3,(H,7,8). The van der Waals surface area contributed by atoms with Gasteiger partial charge in [0.15, 0.2) is 0 Å². The molecule has 1 amide bonds. The second-order valence-corrected chi connectivity index (χ2v) is 2.02.